The van der Waals surface area contributed by atoms with Crippen molar-refractivity contribution >= 4 is 17.5 Å². The SMILES string of the molecule is CN(C)c1ccc(C=CCC2CCC=CC2=O)cc1. The fourth-order valence-electron chi connectivity index (χ4n) is 2.26. The van der Waals surface area contributed by atoms with E-state index in [1.54, 1.807) is 6.08 Å². The highest BCUT2D eigenvalue weighted by molar-refractivity contribution is 5.92. The maximum atomic E-state index is 11.6. The molecule has 0 saturated carbocycles. The second kappa shape index (κ2) is 6.37. The highest BCUT2D eigenvalue weighted by Crippen LogP contribution is 2.20. The topological polar surface area (TPSA) is 20.3 Å². The Kier molecular flexibility index (Phi) is 4.56. The van der Waals surface area contributed by atoms with E-state index < -0.39 is 0 Å². The molecule has 1 aliphatic carbocycles. The second-order valence-corrected chi connectivity index (χ2v) is 5.20. The fourth-order valence-corrected chi connectivity index (χ4v) is 2.26. The van der Waals surface area contributed by atoms with E-state index in [1.807, 2.05) is 20.2 Å². The lowest BCUT2D eigenvalue weighted by Crippen LogP contribution is -2.13. The molecule has 1 unspecified atom stereocenters. The van der Waals surface area contributed by atoms with Crippen molar-refractivity contribution in [1.29, 1.82) is 0 Å². The zero-order chi connectivity index (χ0) is 13.7. The molecule has 0 heterocycles. The monoisotopic (exact) mass is 255 g/mol. The van der Waals surface area contributed by atoms with Crippen molar-refractivity contribution in [2.24, 2.45) is 5.92 Å². The Morgan fingerprint density at radius 1 is 1.26 bits per heavy atom. The van der Waals surface area contributed by atoms with E-state index in [0.717, 1.165) is 19.3 Å². The van der Waals surface area contributed by atoms with Gasteiger partial charge in [-0.2, -0.15) is 0 Å². The van der Waals surface area contributed by atoms with Crippen molar-refractivity contribution in [3.05, 3.63) is 48.1 Å². The van der Waals surface area contributed by atoms with E-state index in [1.165, 1.54) is 11.3 Å². The molecule has 2 nitrogen and oxygen atoms in total. The van der Waals surface area contributed by atoms with Gasteiger partial charge in [0.1, 0.15) is 0 Å². The minimum atomic E-state index is 0.183. The third kappa shape index (κ3) is 3.82. The summed E-state index contributed by atoms with van der Waals surface area (Å²) in [5.74, 6) is 0.459. The smallest absolute Gasteiger partial charge is 0.158 e. The van der Waals surface area contributed by atoms with Crippen LogP contribution in [0.3, 0.4) is 0 Å². The molecule has 0 N–H and O–H groups in total. The molecule has 1 aliphatic rings. The summed E-state index contributed by atoms with van der Waals surface area (Å²) in [7, 11) is 4.07. The Bertz CT molecular complexity index is 482. The summed E-state index contributed by atoms with van der Waals surface area (Å²) in [6.07, 6.45) is 10.8. The number of anilines is 1. The lowest BCUT2D eigenvalue weighted by Gasteiger charge is -2.14. The number of ketones is 1. The van der Waals surface area contributed by atoms with Crippen molar-refractivity contribution in [1.82, 2.24) is 0 Å². The number of allylic oxidation sites excluding steroid dienone is 3. The summed E-state index contributed by atoms with van der Waals surface area (Å²) in [6.45, 7) is 0. The standard InChI is InChI=1S/C17H21NO/c1-18(2)16-12-10-14(11-13-16)6-5-8-15-7-3-4-9-17(15)19/h4-6,9-13,15H,3,7-8H2,1-2H3. The lowest BCUT2D eigenvalue weighted by molar-refractivity contribution is -0.118. The molecule has 0 amide bonds. The van der Waals surface area contributed by atoms with Crippen LogP contribution in [-0.4, -0.2) is 19.9 Å². The van der Waals surface area contributed by atoms with Gasteiger partial charge in [0.05, 0.1) is 0 Å². The summed E-state index contributed by atoms with van der Waals surface area (Å²) in [5, 5.41) is 0. The Labute approximate surface area is 115 Å². The van der Waals surface area contributed by atoms with Gasteiger partial charge in [0.2, 0.25) is 0 Å². The van der Waals surface area contributed by atoms with Gasteiger partial charge in [-0.15, -0.1) is 0 Å². The lowest BCUT2D eigenvalue weighted by atomic mass is 9.90. The molecule has 0 aliphatic heterocycles. The summed E-state index contributed by atoms with van der Waals surface area (Å²) in [5.41, 5.74) is 2.38. The Morgan fingerprint density at radius 2 is 2.00 bits per heavy atom. The van der Waals surface area contributed by atoms with E-state index in [2.05, 4.69) is 41.3 Å². The van der Waals surface area contributed by atoms with Crippen molar-refractivity contribution in [3.63, 3.8) is 0 Å². The van der Waals surface area contributed by atoms with Crippen LogP contribution in [0.4, 0.5) is 5.69 Å². The first kappa shape index (κ1) is 13.6. The third-order valence-corrected chi connectivity index (χ3v) is 3.51. The highest BCUT2D eigenvalue weighted by Gasteiger charge is 2.16. The normalized spacial score (nSPS) is 19.1. The van der Waals surface area contributed by atoms with Gasteiger partial charge >= 0.3 is 0 Å². The quantitative estimate of drug-likeness (QED) is 0.817. The van der Waals surface area contributed by atoms with Crippen LogP contribution in [0.1, 0.15) is 24.8 Å². The van der Waals surface area contributed by atoms with Gasteiger partial charge in [-0.1, -0.05) is 30.4 Å². The minimum Gasteiger partial charge on any atom is -0.378 e. The predicted octanol–water partition coefficient (Wildman–Crippen LogP) is 3.69. The van der Waals surface area contributed by atoms with Crippen molar-refractivity contribution in [2.75, 3.05) is 19.0 Å². The van der Waals surface area contributed by atoms with Gasteiger partial charge in [0.25, 0.3) is 0 Å². The first-order valence-corrected chi connectivity index (χ1v) is 6.81. The van der Waals surface area contributed by atoms with Gasteiger partial charge in [0, 0.05) is 25.7 Å². The minimum absolute atomic E-state index is 0.183. The number of hydrogen-bond acceptors (Lipinski definition) is 2. The molecule has 19 heavy (non-hydrogen) atoms. The summed E-state index contributed by atoms with van der Waals surface area (Å²) in [6, 6.07) is 8.42. The molecule has 0 saturated heterocycles. The van der Waals surface area contributed by atoms with Gasteiger partial charge in [-0.05, 0) is 43.0 Å². The van der Waals surface area contributed by atoms with Crippen LogP contribution in [0.15, 0.2) is 42.5 Å². The van der Waals surface area contributed by atoms with Crippen LogP contribution in [0.25, 0.3) is 6.08 Å². The van der Waals surface area contributed by atoms with Gasteiger partial charge in [-0.3, -0.25) is 4.79 Å². The number of benzene rings is 1. The highest BCUT2D eigenvalue weighted by atomic mass is 16.1. The third-order valence-electron chi connectivity index (χ3n) is 3.51. The van der Waals surface area contributed by atoms with Crippen LogP contribution in [0.5, 0.6) is 0 Å². The molecule has 0 fully saturated rings. The molecule has 100 valence electrons. The summed E-state index contributed by atoms with van der Waals surface area (Å²) in [4.78, 5) is 13.7. The fraction of sp³-hybridized carbons (Fsp3) is 0.353. The van der Waals surface area contributed by atoms with Crippen molar-refractivity contribution in [2.45, 2.75) is 19.3 Å². The molecule has 0 spiro atoms. The molecular weight excluding hydrogens is 234 g/mol. The van der Waals surface area contributed by atoms with Crippen molar-refractivity contribution < 1.29 is 4.79 Å². The first-order chi connectivity index (χ1) is 9.16. The molecule has 1 aromatic carbocycles. The van der Waals surface area contributed by atoms with E-state index in [-0.39, 0.29) is 11.7 Å². The van der Waals surface area contributed by atoms with E-state index >= 15 is 0 Å². The molecule has 0 radical (unpaired) electrons. The van der Waals surface area contributed by atoms with Gasteiger partial charge in [0.15, 0.2) is 5.78 Å². The second-order valence-electron chi connectivity index (χ2n) is 5.20. The Morgan fingerprint density at radius 3 is 2.63 bits per heavy atom. The summed E-state index contributed by atoms with van der Waals surface area (Å²) < 4.78 is 0. The number of carbonyl (C=O) groups is 1. The number of carbonyl (C=O) groups excluding carboxylic acids is 1. The molecular formula is C17H21NO. The van der Waals surface area contributed by atoms with Crippen LogP contribution < -0.4 is 4.90 Å². The van der Waals surface area contributed by atoms with Crippen LogP contribution >= 0.6 is 0 Å². The van der Waals surface area contributed by atoms with Crippen molar-refractivity contribution in [3.8, 4) is 0 Å². The van der Waals surface area contributed by atoms with E-state index in [9.17, 15) is 4.79 Å². The number of hydrogen-bond donors (Lipinski definition) is 0. The average Bonchev–Trinajstić information content (AvgIpc) is 2.41. The largest absolute Gasteiger partial charge is 0.378 e. The Balaban J connectivity index is 1.91. The maximum absolute atomic E-state index is 11.6. The van der Waals surface area contributed by atoms with Crippen LogP contribution in [0, 0.1) is 5.92 Å². The van der Waals surface area contributed by atoms with Crippen LogP contribution in [0.2, 0.25) is 0 Å². The zero-order valence-electron chi connectivity index (χ0n) is 11.7. The molecule has 2 rings (SSSR count). The molecule has 2 heteroatoms. The van der Waals surface area contributed by atoms with E-state index in [4.69, 9.17) is 0 Å². The predicted molar refractivity (Wildman–Crippen MR) is 81.3 cm³/mol. The van der Waals surface area contributed by atoms with E-state index in [0.29, 0.717) is 0 Å². The molecule has 1 atom stereocenters. The molecule has 0 aromatic heterocycles. The maximum Gasteiger partial charge on any atom is 0.158 e. The molecule has 0 bridgehead atoms. The Hall–Kier alpha value is -1.83. The zero-order valence-corrected chi connectivity index (χ0v) is 11.7. The van der Waals surface area contributed by atoms with Gasteiger partial charge in [-0.25, -0.2) is 0 Å². The van der Waals surface area contributed by atoms with Gasteiger partial charge < -0.3 is 4.90 Å². The van der Waals surface area contributed by atoms with Crippen LogP contribution in [-0.2, 0) is 4.79 Å². The first-order valence-electron chi connectivity index (χ1n) is 6.81. The number of rotatable bonds is 4. The average molecular weight is 255 g/mol. The number of nitrogens with zero attached hydrogens (tertiary/aromatic N) is 1. The summed E-state index contributed by atoms with van der Waals surface area (Å²) >= 11 is 0. The molecule has 1 aromatic rings.